The van der Waals surface area contributed by atoms with Crippen molar-refractivity contribution in [1.29, 1.82) is 0 Å². The van der Waals surface area contributed by atoms with Gasteiger partial charge in [-0.05, 0) is 105 Å². The molecule has 4 rings (SSSR count). The van der Waals surface area contributed by atoms with Crippen molar-refractivity contribution in [2.45, 2.75) is 135 Å². The summed E-state index contributed by atoms with van der Waals surface area (Å²) < 4.78 is 21.9. The van der Waals surface area contributed by atoms with Crippen molar-refractivity contribution in [2.75, 3.05) is 6.61 Å². The summed E-state index contributed by atoms with van der Waals surface area (Å²) in [6.45, 7) is 5.44. The molecule has 5 atom stereocenters. The minimum atomic E-state index is 0.175. The number of unbranched alkanes of at least 4 members (excludes halogenated alkanes) is 5. The second-order valence-corrected chi connectivity index (χ2v) is 11.6. The van der Waals surface area contributed by atoms with Crippen LogP contribution in [0, 0.1) is 23.6 Å². The van der Waals surface area contributed by atoms with E-state index in [1.807, 2.05) is 0 Å². The molecule has 0 heterocycles. The third-order valence-corrected chi connectivity index (χ3v) is 9.25. The Morgan fingerprint density at radius 2 is 1.64 bits per heavy atom. The first-order valence-electron chi connectivity index (χ1n) is 14.6. The molecule has 2 heteroatoms. The van der Waals surface area contributed by atoms with Crippen molar-refractivity contribution in [3.8, 4) is 0 Å². The smallest absolute Gasteiger partial charge is 0.130 e. The summed E-state index contributed by atoms with van der Waals surface area (Å²) in [6.07, 6.45) is 21.6. The first-order valence-corrected chi connectivity index (χ1v) is 14.6. The third-order valence-electron chi connectivity index (χ3n) is 9.25. The predicted molar refractivity (Wildman–Crippen MR) is 137 cm³/mol. The van der Waals surface area contributed by atoms with Crippen LogP contribution < -0.4 is 0 Å². The topological polar surface area (TPSA) is 9.23 Å². The molecule has 0 radical (unpaired) electrons. The normalized spacial score (nSPS) is 29.5. The van der Waals surface area contributed by atoms with Crippen LogP contribution in [0.1, 0.15) is 133 Å². The summed E-state index contributed by atoms with van der Waals surface area (Å²) in [5.74, 6) is 2.97. The number of hydrogen-bond donors (Lipinski definition) is 0. The fraction of sp³-hybridized carbons (Fsp3) is 0.806. The summed E-state index contributed by atoms with van der Waals surface area (Å²) in [5.41, 5.74) is 3.44. The zero-order chi connectivity index (χ0) is 23.0. The van der Waals surface area contributed by atoms with Gasteiger partial charge in [0.05, 0.1) is 6.10 Å². The molecular formula is C31H49FO. The molecule has 3 aliphatic rings. The molecule has 0 saturated heterocycles. The van der Waals surface area contributed by atoms with Crippen LogP contribution in [0.15, 0.2) is 12.1 Å². The van der Waals surface area contributed by atoms with E-state index >= 15 is 4.39 Å². The van der Waals surface area contributed by atoms with Crippen molar-refractivity contribution in [1.82, 2.24) is 0 Å². The lowest BCUT2D eigenvalue weighted by Crippen LogP contribution is -2.34. The number of halogens is 1. The van der Waals surface area contributed by atoms with Crippen LogP contribution in [0.25, 0.3) is 0 Å². The molecule has 0 aromatic heterocycles. The third kappa shape index (κ3) is 6.62. The zero-order valence-corrected chi connectivity index (χ0v) is 21.6. The highest BCUT2D eigenvalue weighted by Crippen LogP contribution is 2.48. The first-order chi connectivity index (χ1) is 16.2. The fourth-order valence-electron chi connectivity index (χ4n) is 7.17. The van der Waals surface area contributed by atoms with E-state index in [4.69, 9.17) is 4.74 Å². The molecular weight excluding hydrogens is 407 g/mol. The van der Waals surface area contributed by atoms with Gasteiger partial charge in [-0.25, -0.2) is 4.39 Å². The van der Waals surface area contributed by atoms with Crippen molar-refractivity contribution < 1.29 is 9.13 Å². The molecule has 186 valence electrons. The monoisotopic (exact) mass is 456 g/mol. The average Bonchev–Trinajstić information content (AvgIpc) is 2.84. The van der Waals surface area contributed by atoms with Gasteiger partial charge in [-0.1, -0.05) is 70.9 Å². The predicted octanol–water partition coefficient (Wildman–Crippen LogP) is 9.16. The number of rotatable bonds is 11. The van der Waals surface area contributed by atoms with Gasteiger partial charge in [-0.2, -0.15) is 0 Å². The van der Waals surface area contributed by atoms with Crippen molar-refractivity contribution in [2.24, 2.45) is 17.8 Å². The molecule has 2 fully saturated rings. The Balaban J connectivity index is 1.30. The van der Waals surface area contributed by atoms with E-state index in [1.165, 1.54) is 102 Å². The molecule has 0 bridgehead atoms. The van der Waals surface area contributed by atoms with Gasteiger partial charge in [0.2, 0.25) is 0 Å². The Hall–Kier alpha value is -0.890. The quantitative estimate of drug-likeness (QED) is 0.302. The van der Waals surface area contributed by atoms with Gasteiger partial charge in [0, 0.05) is 6.61 Å². The maximum absolute atomic E-state index is 15.7. The summed E-state index contributed by atoms with van der Waals surface area (Å²) in [5, 5.41) is 0. The molecule has 1 aromatic carbocycles. The molecule has 3 aliphatic carbocycles. The minimum Gasteiger partial charge on any atom is -0.378 e. The van der Waals surface area contributed by atoms with Crippen LogP contribution in [0.4, 0.5) is 4.39 Å². The van der Waals surface area contributed by atoms with Gasteiger partial charge < -0.3 is 4.74 Å². The number of benzene rings is 1. The Morgan fingerprint density at radius 1 is 0.848 bits per heavy atom. The highest BCUT2D eigenvalue weighted by atomic mass is 19.1. The minimum absolute atomic E-state index is 0.175. The van der Waals surface area contributed by atoms with Gasteiger partial charge >= 0.3 is 0 Å². The molecule has 0 N–H and O–H groups in total. The molecule has 0 aliphatic heterocycles. The van der Waals surface area contributed by atoms with Crippen LogP contribution in [0.3, 0.4) is 0 Å². The second kappa shape index (κ2) is 12.7. The number of fused-ring (bicyclic) bond motifs is 2. The van der Waals surface area contributed by atoms with Gasteiger partial charge in [0.25, 0.3) is 0 Å². The van der Waals surface area contributed by atoms with Gasteiger partial charge in [-0.15, -0.1) is 0 Å². The Morgan fingerprint density at radius 3 is 2.48 bits per heavy atom. The molecule has 0 spiro atoms. The summed E-state index contributed by atoms with van der Waals surface area (Å²) in [7, 11) is 0. The Bertz CT molecular complexity index is 728. The molecule has 0 amide bonds. The maximum atomic E-state index is 15.7. The molecule has 5 unspecified atom stereocenters. The van der Waals surface area contributed by atoms with Crippen LogP contribution in [0.2, 0.25) is 0 Å². The van der Waals surface area contributed by atoms with Gasteiger partial charge in [-0.3, -0.25) is 0 Å². The van der Waals surface area contributed by atoms with Crippen LogP contribution in [-0.4, -0.2) is 12.7 Å². The highest BCUT2D eigenvalue weighted by molar-refractivity contribution is 5.38. The molecule has 2 saturated carbocycles. The number of hydrogen-bond acceptors (Lipinski definition) is 1. The fourth-order valence-corrected chi connectivity index (χ4v) is 7.17. The van der Waals surface area contributed by atoms with Crippen molar-refractivity contribution in [3.05, 3.63) is 34.6 Å². The standard InChI is InChI=1S/C31H49FO/c1-3-5-7-8-9-10-23-11-17-29-26(20-23)15-18-30(31(29)32)27-13-12-25-22-28(33-19-6-4-2)16-14-24(25)21-27/h15,18,23-25,27-28H,3-14,16-17,19-22H2,1-2H3. The van der Waals surface area contributed by atoms with E-state index < -0.39 is 0 Å². The SMILES string of the molecule is CCCCCCCC1CCc2c(ccc(C3CCC4CC(OCCCC)CCC4C3)c2F)C1. The molecule has 1 nitrogen and oxygen atoms in total. The summed E-state index contributed by atoms with van der Waals surface area (Å²) in [6, 6.07) is 4.49. The first kappa shape index (κ1) is 25.2. The van der Waals surface area contributed by atoms with E-state index in [2.05, 4.69) is 26.0 Å². The summed E-state index contributed by atoms with van der Waals surface area (Å²) >= 11 is 0. The highest BCUT2D eigenvalue weighted by Gasteiger charge is 2.37. The van der Waals surface area contributed by atoms with Crippen molar-refractivity contribution >= 4 is 0 Å². The van der Waals surface area contributed by atoms with E-state index in [0.717, 1.165) is 48.3 Å². The van der Waals surface area contributed by atoms with E-state index in [0.29, 0.717) is 12.0 Å². The van der Waals surface area contributed by atoms with Crippen LogP contribution in [0.5, 0.6) is 0 Å². The van der Waals surface area contributed by atoms with Gasteiger partial charge in [0.1, 0.15) is 5.82 Å². The van der Waals surface area contributed by atoms with Crippen LogP contribution in [-0.2, 0) is 17.6 Å². The lowest BCUT2D eigenvalue weighted by Gasteiger charge is -2.42. The maximum Gasteiger partial charge on any atom is 0.130 e. The van der Waals surface area contributed by atoms with Crippen LogP contribution >= 0.6 is 0 Å². The average molecular weight is 457 g/mol. The van der Waals surface area contributed by atoms with Crippen molar-refractivity contribution in [3.63, 3.8) is 0 Å². The van der Waals surface area contributed by atoms with E-state index in [1.54, 1.807) is 0 Å². The lowest BCUT2D eigenvalue weighted by molar-refractivity contribution is -0.0161. The second-order valence-electron chi connectivity index (χ2n) is 11.6. The summed E-state index contributed by atoms with van der Waals surface area (Å²) in [4.78, 5) is 0. The Kier molecular flexibility index (Phi) is 9.71. The van der Waals surface area contributed by atoms with E-state index in [9.17, 15) is 0 Å². The molecule has 33 heavy (non-hydrogen) atoms. The zero-order valence-electron chi connectivity index (χ0n) is 21.6. The molecule has 1 aromatic rings. The number of ether oxygens (including phenoxy) is 1. The lowest BCUT2D eigenvalue weighted by atomic mass is 9.65. The largest absolute Gasteiger partial charge is 0.378 e. The van der Waals surface area contributed by atoms with E-state index in [-0.39, 0.29) is 5.82 Å². The Labute approximate surface area is 203 Å². The van der Waals surface area contributed by atoms with Gasteiger partial charge in [0.15, 0.2) is 0 Å².